The van der Waals surface area contributed by atoms with Crippen molar-refractivity contribution in [3.05, 3.63) is 168 Å². The van der Waals surface area contributed by atoms with E-state index in [1.165, 1.54) is 67.5 Å². The summed E-state index contributed by atoms with van der Waals surface area (Å²) in [7, 11) is 0. The highest BCUT2D eigenvalue weighted by Gasteiger charge is 2.37. The van der Waals surface area contributed by atoms with E-state index in [1.807, 2.05) is 0 Å². The van der Waals surface area contributed by atoms with Gasteiger partial charge in [0.2, 0.25) is 0 Å². The molecule has 2 aliphatic rings. The molecule has 0 radical (unpaired) electrons. The summed E-state index contributed by atoms with van der Waals surface area (Å²) < 4.78 is 0. The summed E-state index contributed by atoms with van der Waals surface area (Å²) >= 11 is 0. The third-order valence-electron chi connectivity index (χ3n) is 9.84. The Morgan fingerprint density at radius 3 is 1.16 bits per heavy atom. The fourth-order valence-corrected chi connectivity index (χ4v) is 7.52. The Labute approximate surface area is 260 Å². The average molecular weight is 569 g/mol. The molecule has 0 amide bonds. The van der Waals surface area contributed by atoms with Crippen LogP contribution in [-0.2, 0) is 10.8 Å². The van der Waals surface area contributed by atoms with Crippen LogP contribution in [-0.4, -0.2) is 0 Å². The topological polar surface area (TPSA) is 6.48 Å². The summed E-state index contributed by atoms with van der Waals surface area (Å²) in [5.41, 5.74) is 15.0. The molecule has 214 valence electrons. The van der Waals surface area contributed by atoms with Crippen LogP contribution in [0.2, 0.25) is 0 Å². The highest BCUT2D eigenvalue weighted by molar-refractivity contribution is 5.89. The first-order valence-corrected chi connectivity index (χ1v) is 15.5. The SMILES string of the molecule is CC1(C)c2ccccc2N(c2ccc(-c3cccc(N4c5ccccc5C(C)(C)c5ccccc54)c3)cc2)c2ccccc21. The number of nitrogens with zero attached hydrogens (tertiary/aromatic N) is 2. The molecule has 0 aliphatic carbocycles. The van der Waals surface area contributed by atoms with Gasteiger partial charge in [-0.3, -0.25) is 0 Å². The summed E-state index contributed by atoms with van der Waals surface area (Å²) in [4.78, 5) is 4.84. The second-order valence-electron chi connectivity index (χ2n) is 13.1. The summed E-state index contributed by atoms with van der Waals surface area (Å²) in [6, 6.07) is 53.3. The number of benzene rings is 6. The lowest BCUT2D eigenvalue weighted by Crippen LogP contribution is -2.30. The van der Waals surface area contributed by atoms with Crippen molar-refractivity contribution in [3.63, 3.8) is 0 Å². The van der Waals surface area contributed by atoms with Crippen molar-refractivity contribution in [2.24, 2.45) is 0 Å². The summed E-state index contributed by atoms with van der Waals surface area (Å²) in [5.74, 6) is 0. The lowest BCUT2D eigenvalue weighted by molar-refractivity contribution is 0.632. The van der Waals surface area contributed by atoms with Crippen LogP contribution in [0.4, 0.5) is 34.1 Å². The molecule has 8 rings (SSSR count). The van der Waals surface area contributed by atoms with E-state index >= 15 is 0 Å². The van der Waals surface area contributed by atoms with Gasteiger partial charge in [0.1, 0.15) is 0 Å². The van der Waals surface area contributed by atoms with Crippen LogP contribution in [0.25, 0.3) is 11.1 Å². The van der Waals surface area contributed by atoms with Crippen molar-refractivity contribution >= 4 is 34.1 Å². The molecule has 6 aromatic rings. The summed E-state index contributed by atoms with van der Waals surface area (Å²) in [5, 5.41) is 0. The molecule has 0 atom stereocenters. The van der Waals surface area contributed by atoms with Gasteiger partial charge in [0.05, 0.1) is 22.7 Å². The molecule has 0 fully saturated rings. The first kappa shape index (κ1) is 26.5. The van der Waals surface area contributed by atoms with Crippen LogP contribution in [0.1, 0.15) is 49.9 Å². The number of anilines is 6. The maximum absolute atomic E-state index is 2.43. The maximum atomic E-state index is 2.43. The van der Waals surface area contributed by atoms with Crippen LogP contribution >= 0.6 is 0 Å². The second kappa shape index (κ2) is 9.72. The molecule has 0 unspecified atom stereocenters. The fourth-order valence-electron chi connectivity index (χ4n) is 7.52. The van der Waals surface area contributed by atoms with Gasteiger partial charge in [0.15, 0.2) is 0 Å². The van der Waals surface area contributed by atoms with Crippen LogP contribution in [0.15, 0.2) is 146 Å². The van der Waals surface area contributed by atoms with Crippen molar-refractivity contribution in [2.75, 3.05) is 9.80 Å². The zero-order valence-electron chi connectivity index (χ0n) is 25.8. The molecule has 0 aromatic heterocycles. The number of hydrogen-bond acceptors (Lipinski definition) is 2. The molecule has 44 heavy (non-hydrogen) atoms. The van der Waals surface area contributed by atoms with Crippen molar-refractivity contribution in [1.82, 2.24) is 0 Å². The molecular weight excluding hydrogens is 532 g/mol. The summed E-state index contributed by atoms with van der Waals surface area (Å²) in [6.07, 6.45) is 0. The van der Waals surface area contributed by atoms with Gasteiger partial charge < -0.3 is 9.80 Å². The molecular formula is C42H36N2. The molecule has 2 nitrogen and oxygen atoms in total. The van der Waals surface area contributed by atoms with Gasteiger partial charge in [0.25, 0.3) is 0 Å². The molecule has 2 aliphatic heterocycles. The van der Waals surface area contributed by atoms with Crippen LogP contribution in [0, 0.1) is 0 Å². The lowest BCUT2D eigenvalue weighted by Gasteiger charge is -2.42. The molecule has 0 saturated carbocycles. The number of rotatable bonds is 3. The minimum Gasteiger partial charge on any atom is -0.310 e. The first-order chi connectivity index (χ1) is 21.4. The largest absolute Gasteiger partial charge is 0.310 e. The quantitative estimate of drug-likeness (QED) is 0.209. The monoisotopic (exact) mass is 568 g/mol. The number of para-hydroxylation sites is 4. The van der Waals surface area contributed by atoms with Gasteiger partial charge >= 0.3 is 0 Å². The summed E-state index contributed by atoms with van der Waals surface area (Å²) in [6.45, 7) is 9.33. The first-order valence-electron chi connectivity index (χ1n) is 15.5. The normalized spacial score (nSPS) is 15.5. The van der Waals surface area contributed by atoms with Gasteiger partial charge in [0, 0.05) is 22.2 Å². The van der Waals surface area contributed by atoms with Gasteiger partial charge in [-0.05, 0) is 81.9 Å². The average Bonchev–Trinajstić information content (AvgIpc) is 3.06. The third-order valence-corrected chi connectivity index (χ3v) is 9.84. The minimum atomic E-state index is -0.0714. The van der Waals surface area contributed by atoms with E-state index in [1.54, 1.807) is 0 Å². The smallest absolute Gasteiger partial charge is 0.0502 e. The fraction of sp³-hybridized carbons (Fsp3) is 0.143. The van der Waals surface area contributed by atoms with Crippen LogP contribution in [0.5, 0.6) is 0 Å². The lowest BCUT2D eigenvalue weighted by atomic mass is 9.73. The van der Waals surface area contributed by atoms with Crippen LogP contribution in [0.3, 0.4) is 0 Å². The Balaban J connectivity index is 1.20. The van der Waals surface area contributed by atoms with E-state index in [4.69, 9.17) is 0 Å². The maximum Gasteiger partial charge on any atom is 0.0502 e. The van der Waals surface area contributed by atoms with E-state index in [-0.39, 0.29) is 10.8 Å². The molecule has 0 saturated heterocycles. The zero-order chi connectivity index (χ0) is 30.1. The van der Waals surface area contributed by atoms with Crippen molar-refractivity contribution in [2.45, 2.75) is 38.5 Å². The Kier molecular flexibility index (Phi) is 5.86. The molecule has 2 heterocycles. The molecule has 0 N–H and O–H groups in total. The third kappa shape index (κ3) is 3.87. The Hall–Kier alpha value is -5.08. The molecule has 0 spiro atoms. The predicted molar refractivity (Wildman–Crippen MR) is 185 cm³/mol. The van der Waals surface area contributed by atoms with E-state index in [0.29, 0.717) is 0 Å². The van der Waals surface area contributed by atoms with Crippen molar-refractivity contribution in [1.29, 1.82) is 0 Å². The second-order valence-corrected chi connectivity index (χ2v) is 13.1. The van der Waals surface area contributed by atoms with Gasteiger partial charge in [-0.2, -0.15) is 0 Å². The predicted octanol–water partition coefficient (Wildman–Crippen LogP) is 11.6. The molecule has 2 heteroatoms. The van der Waals surface area contributed by atoms with E-state index in [9.17, 15) is 0 Å². The van der Waals surface area contributed by atoms with Gasteiger partial charge in [-0.15, -0.1) is 0 Å². The highest BCUT2D eigenvalue weighted by atomic mass is 15.2. The van der Waals surface area contributed by atoms with Crippen molar-refractivity contribution < 1.29 is 0 Å². The molecule has 0 bridgehead atoms. The number of hydrogen-bond donors (Lipinski definition) is 0. The van der Waals surface area contributed by atoms with E-state index in [2.05, 4.69) is 183 Å². The molecule has 6 aromatic carbocycles. The van der Waals surface area contributed by atoms with Crippen molar-refractivity contribution in [3.8, 4) is 11.1 Å². The Morgan fingerprint density at radius 1 is 0.341 bits per heavy atom. The number of fused-ring (bicyclic) bond motifs is 4. The van der Waals surface area contributed by atoms with Crippen LogP contribution < -0.4 is 9.80 Å². The van der Waals surface area contributed by atoms with Gasteiger partial charge in [-0.25, -0.2) is 0 Å². The minimum absolute atomic E-state index is 0.0645. The Bertz CT molecular complexity index is 1930. The van der Waals surface area contributed by atoms with E-state index in [0.717, 1.165) is 0 Å². The van der Waals surface area contributed by atoms with Gasteiger partial charge in [-0.1, -0.05) is 125 Å². The standard InChI is InChI=1S/C42H36N2/c1-41(2)33-16-5-9-20-37(33)43(38-21-10-6-17-34(38)41)31-26-24-29(25-27-31)30-14-13-15-32(28-30)44-39-22-11-7-18-35(39)42(3,4)36-19-8-12-23-40(36)44/h5-28H,1-4H3. The zero-order valence-corrected chi connectivity index (χ0v) is 25.8. The highest BCUT2D eigenvalue weighted by Crippen LogP contribution is 2.53. The van der Waals surface area contributed by atoms with E-state index < -0.39 is 0 Å². The Morgan fingerprint density at radius 2 is 0.727 bits per heavy atom.